The predicted molar refractivity (Wildman–Crippen MR) is 67.5 cm³/mol. The summed E-state index contributed by atoms with van der Waals surface area (Å²) in [6.45, 7) is 5.57. The van der Waals surface area contributed by atoms with Crippen molar-refractivity contribution in [3.8, 4) is 0 Å². The Balaban J connectivity index is 3.60. The van der Waals surface area contributed by atoms with E-state index in [1.807, 2.05) is 20.8 Å². The van der Waals surface area contributed by atoms with Crippen molar-refractivity contribution in [2.24, 2.45) is 0 Å². The first-order valence-corrected chi connectivity index (χ1v) is 5.43. The highest BCUT2D eigenvalue weighted by Crippen LogP contribution is 2.39. The molecule has 0 bridgehead atoms. The molecule has 0 aromatic heterocycles. The number of nitrogens with zero attached hydrogens (tertiary/aromatic N) is 2. The molecule has 0 atom stereocenters. The fraction of sp³-hybridized carbons (Fsp3) is 0.455. The van der Waals surface area contributed by atoms with Crippen LogP contribution in [0.4, 0.5) is 17.1 Å². The number of non-ortho nitro benzene ring substituents is 1. The zero-order valence-electron chi connectivity index (χ0n) is 10.5. The summed E-state index contributed by atoms with van der Waals surface area (Å²) in [4.78, 5) is 20.3. The van der Waals surface area contributed by atoms with Gasteiger partial charge in [0.2, 0.25) is 0 Å². The number of benzene rings is 1. The molecule has 1 rings (SSSR count). The van der Waals surface area contributed by atoms with Crippen LogP contribution < -0.4 is 5.73 Å². The summed E-state index contributed by atoms with van der Waals surface area (Å²) in [6.07, 6.45) is 0.662. The molecule has 98 valence electrons. The van der Waals surface area contributed by atoms with E-state index in [1.165, 1.54) is 6.07 Å². The Kier molecular flexibility index (Phi) is 3.54. The molecule has 0 fully saturated rings. The van der Waals surface area contributed by atoms with Gasteiger partial charge in [-0.15, -0.1) is 0 Å². The molecule has 0 aliphatic heterocycles. The van der Waals surface area contributed by atoms with Crippen LogP contribution in [-0.4, -0.2) is 9.85 Å². The van der Waals surface area contributed by atoms with Crippen LogP contribution in [0.3, 0.4) is 0 Å². The van der Waals surface area contributed by atoms with E-state index in [0.29, 0.717) is 12.0 Å². The SMILES string of the molecule is CCC(C)(C)c1cc([N+](=O)[O-])cc([N+](=O)[O-])c1N. The third kappa shape index (κ3) is 2.39. The second-order valence-corrected chi connectivity index (χ2v) is 4.68. The van der Waals surface area contributed by atoms with Crippen molar-refractivity contribution >= 4 is 17.1 Å². The number of anilines is 1. The van der Waals surface area contributed by atoms with E-state index in [-0.39, 0.29) is 11.4 Å². The standard InChI is InChI=1S/C11H15N3O4/c1-4-11(2,3)8-5-7(13(15)16)6-9(10(8)12)14(17)18/h5-6H,4,12H2,1-3H3. The van der Waals surface area contributed by atoms with E-state index >= 15 is 0 Å². The van der Waals surface area contributed by atoms with Gasteiger partial charge in [0.25, 0.3) is 11.4 Å². The second kappa shape index (κ2) is 4.59. The molecule has 1 aromatic carbocycles. The molecule has 1 aromatic rings. The van der Waals surface area contributed by atoms with Crippen LogP contribution in [0.2, 0.25) is 0 Å². The normalized spacial score (nSPS) is 11.3. The number of nitrogens with two attached hydrogens (primary N) is 1. The van der Waals surface area contributed by atoms with Gasteiger partial charge < -0.3 is 5.73 Å². The van der Waals surface area contributed by atoms with Crippen LogP contribution in [-0.2, 0) is 5.41 Å². The fourth-order valence-corrected chi connectivity index (χ4v) is 1.63. The highest BCUT2D eigenvalue weighted by atomic mass is 16.6. The minimum absolute atomic E-state index is 0.00236. The third-order valence-electron chi connectivity index (χ3n) is 3.16. The lowest BCUT2D eigenvalue weighted by atomic mass is 9.80. The maximum atomic E-state index is 10.9. The summed E-state index contributed by atoms with van der Waals surface area (Å²) in [5, 5.41) is 21.7. The van der Waals surface area contributed by atoms with Crippen LogP contribution in [0.5, 0.6) is 0 Å². The lowest BCUT2D eigenvalue weighted by Gasteiger charge is -2.24. The van der Waals surface area contributed by atoms with E-state index in [2.05, 4.69) is 0 Å². The Morgan fingerprint density at radius 2 is 1.78 bits per heavy atom. The van der Waals surface area contributed by atoms with Gasteiger partial charge in [-0.2, -0.15) is 0 Å². The van der Waals surface area contributed by atoms with Gasteiger partial charge in [0, 0.05) is 6.07 Å². The second-order valence-electron chi connectivity index (χ2n) is 4.68. The largest absolute Gasteiger partial charge is 0.393 e. The van der Waals surface area contributed by atoms with Crippen molar-refractivity contribution in [2.75, 3.05) is 5.73 Å². The molecule has 2 N–H and O–H groups in total. The van der Waals surface area contributed by atoms with Gasteiger partial charge in [0.1, 0.15) is 5.69 Å². The minimum Gasteiger partial charge on any atom is -0.393 e. The van der Waals surface area contributed by atoms with Gasteiger partial charge >= 0.3 is 0 Å². The zero-order valence-corrected chi connectivity index (χ0v) is 10.5. The van der Waals surface area contributed by atoms with Crippen molar-refractivity contribution in [3.63, 3.8) is 0 Å². The first-order chi connectivity index (χ1) is 8.20. The molecule has 0 aliphatic rings. The molecule has 0 radical (unpaired) electrons. The first-order valence-electron chi connectivity index (χ1n) is 5.43. The van der Waals surface area contributed by atoms with Crippen LogP contribution in [0.25, 0.3) is 0 Å². The minimum atomic E-state index is -0.697. The number of hydrogen-bond donors (Lipinski definition) is 1. The van der Waals surface area contributed by atoms with Gasteiger partial charge in [-0.05, 0) is 17.4 Å². The average molecular weight is 253 g/mol. The summed E-state index contributed by atoms with van der Waals surface area (Å²) in [5.74, 6) is 0. The molecule has 7 nitrogen and oxygen atoms in total. The van der Waals surface area contributed by atoms with E-state index in [1.54, 1.807) is 0 Å². The van der Waals surface area contributed by atoms with Crippen molar-refractivity contribution in [3.05, 3.63) is 37.9 Å². The number of nitro groups is 2. The summed E-state index contributed by atoms with van der Waals surface area (Å²) >= 11 is 0. The number of rotatable bonds is 4. The van der Waals surface area contributed by atoms with E-state index in [0.717, 1.165) is 6.07 Å². The van der Waals surface area contributed by atoms with E-state index in [4.69, 9.17) is 5.73 Å². The molecule has 0 unspecified atom stereocenters. The van der Waals surface area contributed by atoms with Gasteiger partial charge in [0.05, 0.1) is 15.9 Å². The van der Waals surface area contributed by atoms with E-state index < -0.39 is 20.9 Å². The molecule has 0 saturated heterocycles. The maximum absolute atomic E-state index is 10.9. The quantitative estimate of drug-likeness (QED) is 0.503. The van der Waals surface area contributed by atoms with Crippen molar-refractivity contribution in [2.45, 2.75) is 32.6 Å². The average Bonchev–Trinajstić information content (AvgIpc) is 2.28. The van der Waals surface area contributed by atoms with Gasteiger partial charge in [-0.1, -0.05) is 20.8 Å². The van der Waals surface area contributed by atoms with Crippen LogP contribution >= 0.6 is 0 Å². The number of hydrogen-bond acceptors (Lipinski definition) is 5. The third-order valence-corrected chi connectivity index (χ3v) is 3.16. The van der Waals surface area contributed by atoms with Crippen molar-refractivity contribution in [1.82, 2.24) is 0 Å². The summed E-state index contributed by atoms with van der Waals surface area (Å²) in [6, 6.07) is 2.20. The van der Waals surface area contributed by atoms with Crippen molar-refractivity contribution < 1.29 is 9.85 Å². The Morgan fingerprint density at radius 1 is 1.22 bits per heavy atom. The van der Waals surface area contributed by atoms with Crippen LogP contribution in [0.15, 0.2) is 12.1 Å². The monoisotopic (exact) mass is 253 g/mol. The Bertz CT molecular complexity index is 511. The molecule has 18 heavy (non-hydrogen) atoms. The highest BCUT2D eigenvalue weighted by molar-refractivity contribution is 5.69. The van der Waals surface area contributed by atoms with Gasteiger partial charge in [0.15, 0.2) is 0 Å². The molecule has 0 spiro atoms. The molecule has 0 amide bonds. The Hall–Kier alpha value is -2.18. The first kappa shape index (κ1) is 13.9. The molecular weight excluding hydrogens is 238 g/mol. The Labute approximate surface area is 104 Å². The molecule has 0 heterocycles. The predicted octanol–water partition coefficient (Wildman–Crippen LogP) is 2.77. The summed E-state index contributed by atoms with van der Waals surface area (Å²) in [7, 11) is 0. The number of nitrogen functional groups attached to an aromatic ring is 1. The lowest BCUT2D eigenvalue weighted by molar-refractivity contribution is -0.393. The van der Waals surface area contributed by atoms with Crippen LogP contribution in [0.1, 0.15) is 32.8 Å². The van der Waals surface area contributed by atoms with Gasteiger partial charge in [-0.25, -0.2) is 0 Å². The van der Waals surface area contributed by atoms with E-state index in [9.17, 15) is 20.2 Å². The van der Waals surface area contributed by atoms with Crippen molar-refractivity contribution in [1.29, 1.82) is 0 Å². The van der Waals surface area contributed by atoms with Gasteiger partial charge in [-0.3, -0.25) is 20.2 Å². The summed E-state index contributed by atoms with van der Waals surface area (Å²) < 4.78 is 0. The molecule has 0 aliphatic carbocycles. The topological polar surface area (TPSA) is 112 Å². The fourth-order valence-electron chi connectivity index (χ4n) is 1.63. The number of nitro benzene ring substituents is 2. The lowest BCUT2D eigenvalue weighted by Crippen LogP contribution is -2.18. The zero-order chi connectivity index (χ0) is 14.1. The smallest absolute Gasteiger partial charge is 0.299 e. The molecular formula is C11H15N3O4. The molecule has 7 heteroatoms. The Morgan fingerprint density at radius 3 is 2.17 bits per heavy atom. The maximum Gasteiger partial charge on any atom is 0.299 e. The summed E-state index contributed by atoms with van der Waals surface area (Å²) in [5.41, 5.74) is 5.00. The molecule has 0 saturated carbocycles. The highest BCUT2D eigenvalue weighted by Gasteiger charge is 2.29. The van der Waals surface area contributed by atoms with Crippen LogP contribution in [0, 0.1) is 20.2 Å².